The third-order valence-electron chi connectivity index (χ3n) is 2.89. The quantitative estimate of drug-likeness (QED) is 0.569. The predicted molar refractivity (Wildman–Crippen MR) is 77.7 cm³/mol. The Morgan fingerprint density at radius 1 is 1.28 bits per heavy atom. The molecule has 1 aromatic carbocycles. The van der Waals surface area contributed by atoms with Crippen molar-refractivity contribution >= 4 is 29.1 Å². The monoisotopic (exact) mass is 287 g/mol. The van der Waals surface area contributed by atoms with Crippen molar-refractivity contribution in [2.45, 2.75) is 26.2 Å². The lowest BCUT2D eigenvalue weighted by Crippen LogP contribution is -2.27. The normalized spacial score (nSPS) is 10.4. The van der Waals surface area contributed by atoms with Gasteiger partial charge in [0.15, 0.2) is 0 Å². The zero-order valence-corrected chi connectivity index (χ0v) is 12.4. The smallest absolute Gasteiger partial charge is 0.253 e. The molecule has 0 aliphatic carbocycles. The molecule has 0 aliphatic heterocycles. The van der Waals surface area contributed by atoms with E-state index < -0.39 is 0 Å². The number of hydrogen-bond donors (Lipinski definition) is 0. The number of aryl methyl sites for hydroxylation is 1. The molecule has 0 bridgehead atoms. The lowest BCUT2D eigenvalue weighted by molar-refractivity contribution is 0.0792. The first kappa shape index (κ1) is 15.3. The summed E-state index contributed by atoms with van der Waals surface area (Å²) in [4.78, 5) is 13.8. The van der Waals surface area contributed by atoms with Crippen molar-refractivity contribution in [2.75, 3.05) is 19.5 Å². The number of rotatable bonds is 6. The van der Waals surface area contributed by atoms with Crippen molar-refractivity contribution < 1.29 is 4.79 Å². The molecule has 0 heterocycles. The summed E-state index contributed by atoms with van der Waals surface area (Å²) in [6, 6.07) is 5.42. The highest BCUT2D eigenvalue weighted by atomic mass is 35.5. The molecule has 0 spiro atoms. The average Bonchev–Trinajstić information content (AvgIpc) is 2.37. The predicted octanol–water partition coefficient (Wildman–Crippen LogP) is 4.13. The average molecular weight is 288 g/mol. The molecule has 1 aromatic rings. The Morgan fingerprint density at radius 2 is 2.00 bits per heavy atom. The van der Waals surface area contributed by atoms with Gasteiger partial charge in [0.1, 0.15) is 0 Å². The lowest BCUT2D eigenvalue weighted by Gasteiger charge is -2.17. The van der Waals surface area contributed by atoms with E-state index in [4.69, 9.17) is 23.2 Å². The second-order valence-corrected chi connectivity index (χ2v) is 5.23. The first-order chi connectivity index (χ1) is 8.56. The van der Waals surface area contributed by atoms with Crippen LogP contribution in [0.3, 0.4) is 0 Å². The molecular weight excluding hydrogens is 269 g/mol. The van der Waals surface area contributed by atoms with Crippen LogP contribution in [0.1, 0.15) is 35.2 Å². The van der Waals surface area contributed by atoms with E-state index >= 15 is 0 Å². The molecule has 0 radical (unpaired) electrons. The van der Waals surface area contributed by atoms with E-state index in [0.29, 0.717) is 16.5 Å². The van der Waals surface area contributed by atoms with Gasteiger partial charge in [-0.1, -0.05) is 24.1 Å². The Morgan fingerprint density at radius 3 is 2.61 bits per heavy atom. The summed E-state index contributed by atoms with van der Waals surface area (Å²) in [6.45, 7) is 2.67. The molecule has 1 rings (SSSR count). The van der Waals surface area contributed by atoms with Gasteiger partial charge < -0.3 is 4.90 Å². The minimum atomic E-state index is 0.0165. The van der Waals surface area contributed by atoms with Crippen LogP contribution in [0.5, 0.6) is 0 Å². The third kappa shape index (κ3) is 4.51. The van der Waals surface area contributed by atoms with Crippen LogP contribution in [0, 0.1) is 6.92 Å². The number of alkyl halides is 1. The fourth-order valence-electron chi connectivity index (χ4n) is 1.67. The van der Waals surface area contributed by atoms with Gasteiger partial charge in [-0.2, -0.15) is 0 Å². The van der Waals surface area contributed by atoms with E-state index in [1.807, 2.05) is 26.1 Å². The van der Waals surface area contributed by atoms with Crippen molar-refractivity contribution in [3.8, 4) is 0 Å². The molecule has 100 valence electrons. The lowest BCUT2D eigenvalue weighted by atomic mass is 10.1. The van der Waals surface area contributed by atoms with Gasteiger partial charge in [-0.15, -0.1) is 11.6 Å². The minimum Gasteiger partial charge on any atom is -0.342 e. The number of nitrogens with zero attached hydrogens (tertiary/aromatic N) is 1. The molecule has 0 fully saturated rings. The van der Waals surface area contributed by atoms with Crippen LogP contribution in [0.2, 0.25) is 5.02 Å². The number of hydrogen-bond acceptors (Lipinski definition) is 1. The summed E-state index contributed by atoms with van der Waals surface area (Å²) < 4.78 is 0. The highest BCUT2D eigenvalue weighted by Gasteiger charge is 2.12. The summed E-state index contributed by atoms with van der Waals surface area (Å²) in [7, 11) is 1.82. The first-order valence-corrected chi connectivity index (χ1v) is 7.05. The van der Waals surface area contributed by atoms with Crippen molar-refractivity contribution in [3.63, 3.8) is 0 Å². The SMILES string of the molecule is Cc1ccc(C(=O)N(C)CCCCCCl)cc1Cl. The molecule has 0 saturated heterocycles. The highest BCUT2D eigenvalue weighted by Crippen LogP contribution is 2.17. The Bertz CT molecular complexity index is 407. The molecule has 4 heteroatoms. The Kier molecular flexibility index (Phi) is 6.51. The summed E-state index contributed by atoms with van der Waals surface area (Å²) in [5, 5.41) is 0.636. The Balaban J connectivity index is 2.54. The summed E-state index contributed by atoms with van der Waals surface area (Å²) >= 11 is 11.6. The van der Waals surface area contributed by atoms with Crippen LogP contribution in [0.25, 0.3) is 0 Å². The van der Waals surface area contributed by atoms with Gasteiger partial charge >= 0.3 is 0 Å². The van der Waals surface area contributed by atoms with Crippen molar-refractivity contribution in [2.24, 2.45) is 0 Å². The standard InChI is InChI=1S/C14H19Cl2NO/c1-11-6-7-12(10-13(11)16)14(18)17(2)9-5-3-4-8-15/h6-7,10H,3-5,8-9H2,1-2H3. The molecule has 2 nitrogen and oxygen atoms in total. The van der Waals surface area contributed by atoms with E-state index in [2.05, 4.69) is 0 Å². The third-order valence-corrected chi connectivity index (χ3v) is 3.57. The Labute approximate surface area is 119 Å². The number of unbranched alkanes of at least 4 members (excludes halogenated alkanes) is 2. The zero-order valence-electron chi connectivity index (χ0n) is 10.9. The van der Waals surface area contributed by atoms with Gasteiger partial charge in [0.25, 0.3) is 5.91 Å². The number of amides is 1. The van der Waals surface area contributed by atoms with Crippen LogP contribution in [0.4, 0.5) is 0 Å². The van der Waals surface area contributed by atoms with E-state index in [1.165, 1.54) is 0 Å². The molecule has 0 saturated carbocycles. The number of benzene rings is 1. The van der Waals surface area contributed by atoms with Crippen LogP contribution >= 0.6 is 23.2 Å². The maximum Gasteiger partial charge on any atom is 0.253 e. The zero-order chi connectivity index (χ0) is 13.5. The maximum absolute atomic E-state index is 12.1. The van der Waals surface area contributed by atoms with Gasteiger partial charge in [-0.3, -0.25) is 4.79 Å². The van der Waals surface area contributed by atoms with E-state index in [1.54, 1.807) is 11.0 Å². The van der Waals surface area contributed by atoms with Gasteiger partial charge in [-0.05, 0) is 37.5 Å². The van der Waals surface area contributed by atoms with E-state index in [9.17, 15) is 4.79 Å². The number of carbonyl (C=O) groups is 1. The van der Waals surface area contributed by atoms with Gasteiger partial charge in [-0.25, -0.2) is 0 Å². The molecule has 0 atom stereocenters. The molecule has 0 unspecified atom stereocenters. The Hall–Kier alpha value is -0.730. The number of halogens is 2. The van der Waals surface area contributed by atoms with Crippen LogP contribution < -0.4 is 0 Å². The minimum absolute atomic E-state index is 0.0165. The second kappa shape index (κ2) is 7.65. The molecule has 18 heavy (non-hydrogen) atoms. The maximum atomic E-state index is 12.1. The van der Waals surface area contributed by atoms with Crippen molar-refractivity contribution in [1.82, 2.24) is 4.90 Å². The van der Waals surface area contributed by atoms with Gasteiger partial charge in [0.05, 0.1) is 0 Å². The van der Waals surface area contributed by atoms with Crippen LogP contribution in [-0.2, 0) is 0 Å². The first-order valence-electron chi connectivity index (χ1n) is 6.14. The fraction of sp³-hybridized carbons (Fsp3) is 0.500. The summed E-state index contributed by atoms with van der Waals surface area (Å²) in [5.74, 6) is 0.702. The fourth-order valence-corrected chi connectivity index (χ4v) is 2.04. The van der Waals surface area contributed by atoms with E-state index in [-0.39, 0.29) is 5.91 Å². The largest absolute Gasteiger partial charge is 0.342 e. The molecule has 0 aliphatic rings. The molecule has 0 aromatic heterocycles. The van der Waals surface area contributed by atoms with Crippen molar-refractivity contribution in [1.29, 1.82) is 0 Å². The highest BCUT2D eigenvalue weighted by molar-refractivity contribution is 6.31. The summed E-state index contributed by atoms with van der Waals surface area (Å²) in [6.07, 6.45) is 3.03. The number of carbonyl (C=O) groups excluding carboxylic acids is 1. The van der Waals surface area contributed by atoms with E-state index in [0.717, 1.165) is 31.4 Å². The van der Waals surface area contributed by atoms with Gasteiger partial charge in [0.2, 0.25) is 0 Å². The second-order valence-electron chi connectivity index (χ2n) is 4.44. The van der Waals surface area contributed by atoms with Gasteiger partial charge in [0, 0.05) is 30.1 Å². The van der Waals surface area contributed by atoms with Crippen LogP contribution in [0.15, 0.2) is 18.2 Å². The van der Waals surface area contributed by atoms with Crippen LogP contribution in [-0.4, -0.2) is 30.3 Å². The molecular formula is C14H19Cl2NO. The van der Waals surface area contributed by atoms with Crippen molar-refractivity contribution in [3.05, 3.63) is 34.3 Å². The summed E-state index contributed by atoms with van der Waals surface area (Å²) in [5.41, 5.74) is 1.63. The topological polar surface area (TPSA) is 20.3 Å². The molecule has 1 amide bonds. The molecule has 0 N–H and O–H groups in total.